The number of H-pyrrole nitrogens is 1. The molecule has 0 aliphatic rings. The predicted molar refractivity (Wildman–Crippen MR) is 99.5 cm³/mol. The molecule has 4 N–H and O–H groups in total. The van der Waals surface area contributed by atoms with Crippen molar-refractivity contribution < 1.29 is 9.53 Å². The van der Waals surface area contributed by atoms with Crippen molar-refractivity contribution in [3.05, 3.63) is 18.0 Å². The number of hydrogen-bond donors (Lipinski definition) is 4. The van der Waals surface area contributed by atoms with Gasteiger partial charge in [-0.1, -0.05) is 13.8 Å². The van der Waals surface area contributed by atoms with Gasteiger partial charge in [-0.2, -0.15) is 5.10 Å². The molecule has 1 amide bonds. The summed E-state index contributed by atoms with van der Waals surface area (Å²) < 4.78 is 5.39. The lowest BCUT2D eigenvalue weighted by atomic mass is 9.93. The topological polar surface area (TPSA) is 103 Å². The summed E-state index contributed by atoms with van der Waals surface area (Å²) in [6.45, 7) is 10.8. The van der Waals surface area contributed by atoms with Crippen LogP contribution in [0.5, 0.6) is 0 Å². The van der Waals surface area contributed by atoms with Crippen molar-refractivity contribution in [3.8, 4) is 0 Å². The van der Waals surface area contributed by atoms with E-state index >= 15 is 0 Å². The number of carbonyl (C=O) groups is 1. The van der Waals surface area contributed by atoms with Crippen LogP contribution in [0, 0.1) is 0 Å². The van der Waals surface area contributed by atoms with Crippen molar-refractivity contribution in [2.75, 3.05) is 13.6 Å². The van der Waals surface area contributed by atoms with E-state index in [-0.39, 0.29) is 0 Å². The first-order chi connectivity index (χ1) is 11.7. The zero-order valence-electron chi connectivity index (χ0n) is 16.2. The second-order valence-corrected chi connectivity index (χ2v) is 6.98. The van der Waals surface area contributed by atoms with Crippen LogP contribution in [0.4, 0.5) is 4.79 Å². The molecule has 0 spiro atoms. The van der Waals surface area contributed by atoms with Gasteiger partial charge in [0.15, 0.2) is 5.96 Å². The molecule has 8 nitrogen and oxygen atoms in total. The Morgan fingerprint density at radius 2 is 1.96 bits per heavy atom. The first-order valence-corrected chi connectivity index (χ1v) is 8.67. The first-order valence-electron chi connectivity index (χ1n) is 8.67. The van der Waals surface area contributed by atoms with Crippen molar-refractivity contribution in [1.82, 2.24) is 26.1 Å². The molecule has 0 saturated heterocycles. The van der Waals surface area contributed by atoms with Gasteiger partial charge in [0.05, 0.1) is 17.8 Å². The summed E-state index contributed by atoms with van der Waals surface area (Å²) in [4.78, 5) is 16.4. The van der Waals surface area contributed by atoms with Crippen LogP contribution in [0.15, 0.2) is 17.3 Å². The van der Waals surface area contributed by atoms with E-state index in [1.165, 1.54) is 0 Å². The summed E-state index contributed by atoms with van der Waals surface area (Å²) in [5, 5.41) is 16.3. The normalized spacial score (nSPS) is 12.6. The number of rotatable bonds is 7. The summed E-state index contributed by atoms with van der Waals surface area (Å²) in [5.74, 6) is 0.659. The third-order valence-electron chi connectivity index (χ3n) is 3.94. The molecule has 0 unspecified atom stereocenters. The molecular weight excluding hydrogens is 320 g/mol. The average molecular weight is 352 g/mol. The van der Waals surface area contributed by atoms with Crippen LogP contribution in [0.25, 0.3) is 0 Å². The van der Waals surface area contributed by atoms with Gasteiger partial charge in [0.25, 0.3) is 0 Å². The zero-order chi connectivity index (χ0) is 18.9. The second kappa shape index (κ2) is 9.29. The summed E-state index contributed by atoms with van der Waals surface area (Å²) in [6, 6.07) is 1.90. The SMILES string of the molecule is CCC(CC)(CNC(=NC)NCc1ccn[nH]1)NC(=O)OC(C)(C)C. The van der Waals surface area contributed by atoms with E-state index in [9.17, 15) is 4.79 Å². The summed E-state index contributed by atoms with van der Waals surface area (Å²) in [5.41, 5.74) is 0.0347. The van der Waals surface area contributed by atoms with Gasteiger partial charge in [0.1, 0.15) is 5.60 Å². The predicted octanol–water partition coefficient (Wildman–Crippen LogP) is 2.16. The average Bonchev–Trinajstić information content (AvgIpc) is 3.05. The monoisotopic (exact) mass is 352 g/mol. The minimum atomic E-state index is -0.521. The molecule has 0 bridgehead atoms. The second-order valence-electron chi connectivity index (χ2n) is 6.98. The molecule has 0 aliphatic heterocycles. The van der Waals surface area contributed by atoms with Gasteiger partial charge >= 0.3 is 6.09 Å². The Hall–Kier alpha value is -2.25. The molecule has 0 saturated carbocycles. The van der Waals surface area contributed by atoms with Crippen LogP contribution >= 0.6 is 0 Å². The highest BCUT2D eigenvalue weighted by atomic mass is 16.6. The number of aliphatic imine (C=N–C) groups is 1. The minimum Gasteiger partial charge on any atom is -0.444 e. The van der Waals surface area contributed by atoms with Crippen molar-refractivity contribution in [1.29, 1.82) is 0 Å². The van der Waals surface area contributed by atoms with Gasteiger partial charge in [-0.15, -0.1) is 0 Å². The molecule has 1 aromatic rings. The summed E-state index contributed by atoms with van der Waals surface area (Å²) in [6.07, 6.45) is 2.84. The maximum absolute atomic E-state index is 12.2. The fraction of sp³-hybridized carbons (Fsp3) is 0.706. The molecule has 0 radical (unpaired) electrons. The number of nitrogens with zero attached hydrogens (tertiary/aromatic N) is 2. The molecular formula is C17H32N6O2. The molecule has 1 aromatic heterocycles. The van der Waals surface area contributed by atoms with Crippen molar-refractivity contribution in [2.24, 2.45) is 4.99 Å². The number of hydrogen-bond acceptors (Lipinski definition) is 4. The van der Waals surface area contributed by atoms with Crippen molar-refractivity contribution in [3.63, 3.8) is 0 Å². The Morgan fingerprint density at radius 1 is 1.28 bits per heavy atom. The number of ether oxygens (including phenoxy) is 1. The maximum atomic E-state index is 12.2. The molecule has 8 heteroatoms. The fourth-order valence-corrected chi connectivity index (χ4v) is 2.28. The Morgan fingerprint density at radius 3 is 2.44 bits per heavy atom. The fourth-order valence-electron chi connectivity index (χ4n) is 2.28. The lowest BCUT2D eigenvalue weighted by molar-refractivity contribution is 0.0448. The Labute approximate surface area is 150 Å². The van der Waals surface area contributed by atoms with Crippen LogP contribution in [-0.2, 0) is 11.3 Å². The van der Waals surface area contributed by atoms with E-state index in [2.05, 4.69) is 31.1 Å². The van der Waals surface area contributed by atoms with E-state index < -0.39 is 17.2 Å². The largest absolute Gasteiger partial charge is 0.444 e. The quantitative estimate of drug-likeness (QED) is 0.445. The van der Waals surface area contributed by atoms with Crippen molar-refractivity contribution >= 4 is 12.1 Å². The van der Waals surface area contributed by atoms with E-state index in [0.717, 1.165) is 18.5 Å². The molecule has 1 heterocycles. The van der Waals surface area contributed by atoms with E-state index in [0.29, 0.717) is 19.0 Å². The van der Waals surface area contributed by atoms with Crippen LogP contribution in [0.3, 0.4) is 0 Å². The molecule has 142 valence electrons. The smallest absolute Gasteiger partial charge is 0.408 e. The first kappa shape index (κ1) is 20.8. The minimum absolute atomic E-state index is 0.404. The van der Waals surface area contributed by atoms with E-state index in [1.807, 2.05) is 40.7 Å². The van der Waals surface area contributed by atoms with Gasteiger partial charge in [0, 0.05) is 19.8 Å². The third-order valence-corrected chi connectivity index (χ3v) is 3.94. The van der Waals surface area contributed by atoms with Crippen molar-refractivity contribution in [2.45, 2.75) is 65.1 Å². The highest BCUT2D eigenvalue weighted by Crippen LogP contribution is 2.16. The molecule has 0 aliphatic carbocycles. The molecule has 0 aromatic carbocycles. The standard InChI is InChI=1S/C17H32N6O2/c1-7-17(8-2,22-15(24)25-16(3,4)5)12-20-14(18-6)19-11-13-9-10-21-23-13/h9-10H,7-8,11-12H2,1-6H3,(H,21,23)(H,22,24)(H2,18,19,20). The third kappa shape index (κ3) is 7.45. The molecule has 1 rings (SSSR count). The highest BCUT2D eigenvalue weighted by molar-refractivity contribution is 5.79. The van der Waals surface area contributed by atoms with Crippen LogP contribution in [-0.4, -0.2) is 47.0 Å². The Kier molecular flexibility index (Phi) is 7.73. The van der Waals surface area contributed by atoms with Gasteiger partial charge in [0.2, 0.25) is 0 Å². The number of carbonyl (C=O) groups excluding carboxylic acids is 1. The number of aromatic nitrogens is 2. The van der Waals surface area contributed by atoms with Gasteiger partial charge < -0.3 is 20.7 Å². The number of nitrogens with one attached hydrogen (secondary N) is 4. The number of amides is 1. The van der Waals surface area contributed by atoms with Crippen LogP contribution in [0.1, 0.15) is 53.2 Å². The molecule has 0 fully saturated rings. The maximum Gasteiger partial charge on any atom is 0.408 e. The van der Waals surface area contributed by atoms with Crippen LogP contribution < -0.4 is 16.0 Å². The Balaban J connectivity index is 2.61. The lowest BCUT2D eigenvalue weighted by Gasteiger charge is -2.34. The number of alkyl carbamates (subject to hydrolysis) is 1. The highest BCUT2D eigenvalue weighted by Gasteiger charge is 2.30. The van der Waals surface area contributed by atoms with Crippen LogP contribution in [0.2, 0.25) is 0 Å². The van der Waals surface area contributed by atoms with E-state index in [4.69, 9.17) is 4.74 Å². The number of aromatic amines is 1. The zero-order valence-corrected chi connectivity index (χ0v) is 16.2. The number of guanidine groups is 1. The van der Waals surface area contributed by atoms with Gasteiger partial charge in [-0.25, -0.2) is 4.79 Å². The summed E-state index contributed by atoms with van der Waals surface area (Å²) in [7, 11) is 1.71. The lowest BCUT2D eigenvalue weighted by Crippen LogP contribution is -2.57. The van der Waals surface area contributed by atoms with Gasteiger partial charge in [-0.3, -0.25) is 10.1 Å². The Bertz CT molecular complexity index is 544. The molecule has 25 heavy (non-hydrogen) atoms. The van der Waals surface area contributed by atoms with E-state index in [1.54, 1.807) is 13.2 Å². The summed E-state index contributed by atoms with van der Waals surface area (Å²) >= 11 is 0. The van der Waals surface area contributed by atoms with Gasteiger partial charge in [-0.05, 0) is 39.7 Å². The molecule has 0 atom stereocenters.